The first-order chi connectivity index (χ1) is 12.0. The van der Waals surface area contributed by atoms with E-state index >= 15 is 0 Å². The van der Waals surface area contributed by atoms with Gasteiger partial charge in [0.2, 0.25) is 0 Å². The molecule has 138 valence electrons. The van der Waals surface area contributed by atoms with E-state index in [9.17, 15) is 4.79 Å². The minimum atomic E-state index is -0.718. The summed E-state index contributed by atoms with van der Waals surface area (Å²) >= 11 is 0. The van der Waals surface area contributed by atoms with Gasteiger partial charge in [0, 0.05) is 0 Å². The molecule has 1 aromatic rings. The number of rotatable bonds is 5. The fourth-order valence-corrected chi connectivity index (χ4v) is 3.99. The fraction of sp³-hybridized carbons (Fsp3) is 0.667. The van der Waals surface area contributed by atoms with Crippen molar-refractivity contribution in [2.75, 3.05) is 6.61 Å². The number of hydrogen-bond acceptors (Lipinski definition) is 4. The Morgan fingerprint density at radius 2 is 1.84 bits per heavy atom. The Labute approximate surface area is 150 Å². The summed E-state index contributed by atoms with van der Waals surface area (Å²) < 4.78 is 16.4. The van der Waals surface area contributed by atoms with Crippen molar-refractivity contribution in [3.8, 4) is 5.75 Å². The average molecular weight is 346 g/mol. The highest BCUT2D eigenvalue weighted by molar-refractivity contribution is 5.77. The molecule has 0 bridgehead atoms. The quantitative estimate of drug-likeness (QED) is 0.566. The van der Waals surface area contributed by atoms with Crippen LogP contribution in [0.15, 0.2) is 24.3 Å². The summed E-state index contributed by atoms with van der Waals surface area (Å²) in [6, 6.07) is 7.99. The standard InChI is InChI=1S/C21H30O4/c1-4-5-15-6-8-16(9-7-15)17-10-12-18(13-11-17)24-20(22)19-14-23-21(2,3)25-19/h10-13,15-16,19H,4-9,14H2,1-3H3/t15?,16?,19-/m1/s1. The maximum Gasteiger partial charge on any atom is 0.343 e. The first kappa shape index (κ1) is 18.4. The normalized spacial score (nSPS) is 28.7. The molecule has 0 N–H and O–H groups in total. The van der Waals surface area contributed by atoms with Gasteiger partial charge in [0.25, 0.3) is 0 Å². The first-order valence-corrected chi connectivity index (χ1v) is 9.60. The van der Waals surface area contributed by atoms with Gasteiger partial charge >= 0.3 is 5.97 Å². The summed E-state index contributed by atoms with van der Waals surface area (Å²) in [7, 11) is 0. The zero-order chi connectivity index (χ0) is 17.9. The second-order valence-electron chi connectivity index (χ2n) is 7.81. The smallest absolute Gasteiger partial charge is 0.343 e. The molecular weight excluding hydrogens is 316 g/mol. The van der Waals surface area contributed by atoms with Gasteiger partial charge in [0.05, 0.1) is 6.61 Å². The maximum atomic E-state index is 12.2. The van der Waals surface area contributed by atoms with Crippen molar-refractivity contribution in [2.45, 2.75) is 77.1 Å². The minimum Gasteiger partial charge on any atom is -0.425 e. The van der Waals surface area contributed by atoms with Gasteiger partial charge in [-0.1, -0.05) is 31.9 Å². The molecule has 4 nitrogen and oxygen atoms in total. The van der Waals surface area contributed by atoms with E-state index in [1.54, 1.807) is 13.8 Å². The van der Waals surface area contributed by atoms with Crippen LogP contribution >= 0.6 is 0 Å². The third-order valence-corrected chi connectivity index (χ3v) is 5.38. The Morgan fingerprint density at radius 1 is 1.16 bits per heavy atom. The van der Waals surface area contributed by atoms with E-state index in [2.05, 4.69) is 19.1 Å². The van der Waals surface area contributed by atoms with Crippen LogP contribution in [0.2, 0.25) is 0 Å². The number of benzene rings is 1. The topological polar surface area (TPSA) is 44.8 Å². The van der Waals surface area contributed by atoms with Gasteiger partial charge < -0.3 is 14.2 Å². The van der Waals surface area contributed by atoms with Crippen LogP contribution in [-0.2, 0) is 14.3 Å². The highest BCUT2D eigenvalue weighted by atomic mass is 16.8. The van der Waals surface area contributed by atoms with Gasteiger partial charge in [0.15, 0.2) is 11.9 Å². The number of carbonyl (C=O) groups is 1. The Kier molecular flexibility index (Phi) is 5.80. The monoisotopic (exact) mass is 346 g/mol. The molecule has 2 fully saturated rings. The minimum absolute atomic E-state index is 0.241. The molecule has 1 atom stereocenters. The molecule has 1 aliphatic heterocycles. The Hall–Kier alpha value is -1.39. The lowest BCUT2D eigenvalue weighted by atomic mass is 9.77. The lowest BCUT2D eigenvalue weighted by Gasteiger charge is -2.28. The summed E-state index contributed by atoms with van der Waals surface area (Å²) in [5.74, 6) is 1.02. The van der Waals surface area contributed by atoms with E-state index in [1.165, 1.54) is 44.1 Å². The molecule has 2 aliphatic rings. The number of carbonyl (C=O) groups excluding carboxylic acids is 1. The van der Waals surface area contributed by atoms with Crippen molar-refractivity contribution in [1.82, 2.24) is 0 Å². The summed E-state index contributed by atoms with van der Waals surface area (Å²) in [4.78, 5) is 12.2. The van der Waals surface area contributed by atoms with Crippen LogP contribution in [0.25, 0.3) is 0 Å². The fourth-order valence-electron chi connectivity index (χ4n) is 3.99. The summed E-state index contributed by atoms with van der Waals surface area (Å²) in [5.41, 5.74) is 1.36. The lowest BCUT2D eigenvalue weighted by molar-refractivity contribution is -0.162. The van der Waals surface area contributed by atoms with Crippen LogP contribution in [0.1, 0.15) is 70.8 Å². The van der Waals surface area contributed by atoms with E-state index in [-0.39, 0.29) is 6.61 Å². The molecule has 1 aliphatic carbocycles. The number of ether oxygens (including phenoxy) is 3. The van der Waals surface area contributed by atoms with Crippen LogP contribution in [0.5, 0.6) is 5.75 Å². The largest absolute Gasteiger partial charge is 0.425 e. The van der Waals surface area contributed by atoms with Crippen molar-refractivity contribution < 1.29 is 19.0 Å². The molecule has 0 amide bonds. The summed E-state index contributed by atoms with van der Waals surface area (Å²) in [6.07, 6.45) is 7.23. The van der Waals surface area contributed by atoms with Crippen LogP contribution in [-0.4, -0.2) is 24.5 Å². The number of hydrogen-bond donors (Lipinski definition) is 0. The molecular formula is C21H30O4. The lowest BCUT2D eigenvalue weighted by Crippen LogP contribution is -2.30. The van der Waals surface area contributed by atoms with Crippen molar-refractivity contribution in [3.05, 3.63) is 29.8 Å². The Balaban J connectivity index is 1.52. The molecule has 0 aromatic heterocycles. The third kappa shape index (κ3) is 4.83. The van der Waals surface area contributed by atoms with Crippen molar-refractivity contribution in [3.63, 3.8) is 0 Å². The van der Waals surface area contributed by atoms with E-state index in [4.69, 9.17) is 14.2 Å². The van der Waals surface area contributed by atoms with Crippen molar-refractivity contribution in [1.29, 1.82) is 0 Å². The molecule has 1 heterocycles. The van der Waals surface area contributed by atoms with E-state index in [0.717, 1.165) is 5.92 Å². The molecule has 1 saturated heterocycles. The van der Waals surface area contributed by atoms with E-state index < -0.39 is 17.9 Å². The predicted molar refractivity (Wildman–Crippen MR) is 96.6 cm³/mol. The Morgan fingerprint density at radius 3 is 2.40 bits per heavy atom. The molecule has 25 heavy (non-hydrogen) atoms. The van der Waals surface area contributed by atoms with Gasteiger partial charge in [-0.3, -0.25) is 0 Å². The van der Waals surface area contributed by atoms with Gasteiger partial charge in [-0.2, -0.15) is 0 Å². The molecule has 0 radical (unpaired) electrons. The molecule has 1 aromatic carbocycles. The van der Waals surface area contributed by atoms with Crippen molar-refractivity contribution >= 4 is 5.97 Å². The highest BCUT2D eigenvalue weighted by Gasteiger charge is 2.38. The second kappa shape index (κ2) is 7.88. The van der Waals surface area contributed by atoms with Crippen LogP contribution < -0.4 is 4.74 Å². The molecule has 0 spiro atoms. The Bertz CT molecular complexity index is 570. The molecule has 4 heteroatoms. The van der Waals surface area contributed by atoms with Crippen molar-refractivity contribution in [2.24, 2.45) is 5.92 Å². The van der Waals surface area contributed by atoms with E-state index in [1.807, 2.05) is 12.1 Å². The maximum absolute atomic E-state index is 12.2. The van der Waals surface area contributed by atoms with Crippen LogP contribution in [0.4, 0.5) is 0 Å². The zero-order valence-electron chi connectivity index (χ0n) is 15.6. The second-order valence-corrected chi connectivity index (χ2v) is 7.81. The first-order valence-electron chi connectivity index (χ1n) is 9.60. The highest BCUT2D eigenvalue weighted by Crippen LogP contribution is 2.37. The van der Waals surface area contributed by atoms with Crippen LogP contribution in [0, 0.1) is 5.92 Å². The zero-order valence-corrected chi connectivity index (χ0v) is 15.6. The van der Waals surface area contributed by atoms with E-state index in [0.29, 0.717) is 11.7 Å². The van der Waals surface area contributed by atoms with Gasteiger partial charge in [-0.25, -0.2) is 4.79 Å². The average Bonchev–Trinajstić information content (AvgIpc) is 2.97. The predicted octanol–water partition coefficient (Wildman–Crippen LogP) is 4.82. The summed E-state index contributed by atoms with van der Waals surface area (Å²) in [5, 5.41) is 0. The van der Waals surface area contributed by atoms with Gasteiger partial charge in [-0.05, 0) is 69.1 Å². The van der Waals surface area contributed by atoms with Crippen LogP contribution in [0.3, 0.4) is 0 Å². The molecule has 1 saturated carbocycles. The molecule has 3 rings (SSSR count). The molecule has 0 unspecified atom stereocenters. The number of esters is 1. The van der Waals surface area contributed by atoms with Gasteiger partial charge in [0.1, 0.15) is 5.75 Å². The SMILES string of the molecule is CCCC1CCC(c2ccc(OC(=O)[C@H]3COC(C)(C)O3)cc2)CC1. The third-order valence-electron chi connectivity index (χ3n) is 5.38. The summed E-state index contributed by atoms with van der Waals surface area (Å²) in [6.45, 7) is 6.11. The van der Waals surface area contributed by atoms with Gasteiger partial charge in [-0.15, -0.1) is 0 Å².